The molecular weight excluding hydrogens is 346 g/mol. The van der Waals surface area contributed by atoms with Crippen LogP contribution in [0.1, 0.15) is 6.23 Å². The summed E-state index contributed by atoms with van der Waals surface area (Å²) < 4.78 is 20.6. The van der Waals surface area contributed by atoms with Crippen molar-refractivity contribution in [3.8, 4) is 0 Å². The number of hydrogen-bond donors (Lipinski definition) is 3. The van der Waals surface area contributed by atoms with E-state index in [0.717, 1.165) is 0 Å². The Balaban J connectivity index is 0.00000147. The van der Waals surface area contributed by atoms with Crippen molar-refractivity contribution < 1.29 is 52.0 Å². The van der Waals surface area contributed by atoms with Crippen molar-refractivity contribution >= 4 is 17.0 Å². The van der Waals surface area contributed by atoms with Crippen molar-refractivity contribution in [2.45, 2.75) is 24.6 Å². The molecule has 8 nitrogen and oxygen atoms in total. The molecule has 20 heavy (non-hydrogen) atoms. The smallest absolute Gasteiger partial charge is 0.172 e. The standard InChI is InChI=1S/C10H11FN5O3.Y/c11-5-7(18)4(1-17)19-10(5)16-3-15-6-8(12)13-2-14-9(6)16;/h3-5,7,10,17-18H,1H2,(H2,12,13,14);/q-1;/t4-,5-,7?,10-;/m1./s1. The summed E-state index contributed by atoms with van der Waals surface area (Å²) in [4.78, 5) is 11.5. The monoisotopic (exact) mass is 357 g/mol. The number of aliphatic hydroxyl groups is 2. The number of hydrogen-bond acceptors (Lipinski definition) is 7. The van der Waals surface area contributed by atoms with Gasteiger partial charge in [0.25, 0.3) is 0 Å². The number of nitrogen functional groups attached to an aromatic ring is 1. The predicted molar refractivity (Wildman–Crippen MR) is 60.5 cm³/mol. The molecule has 1 unspecified atom stereocenters. The summed E-state index contributed by atoms with van der Waals surface area (Å²) in [5.74, 6) is 0.122. The van der Waals surface area contributed by atoms with Gasteiger partial charge in [-0.25, -0.2) is 4.39 Å². The molecule has 0 bridgehead atoms. The Labute approximate surface area is 138 Å². The van der Waals surface area contributed by atoms with E-state index in [9.17, 15) is 9.50 Å². The molecule has 0 aliphatic carbocycles. The van der Waals surface area contributed by atoms with Gasteiger partial charge in [-0.05, 0) is 0 Å². The van der Waals surface area contributed by atoms with Gasteiger partial charge in [-0.2, -0.15) is 0 Å². The minimum absolute atomic E-state index is 0. The number of rotatable bonds is 2. The largest absolute Gasteiger partial charge is 0.433 e. The summed E-state index contributed by atoms with van der Waals surface area (Å²) >= 11 is 0. The van der Waals surface area contributed by atoms with E-state index in [1.165, 1.54) is 10.9 Å². The molecule has 0 spiro atoms. The number of nitrogens with two attached hydrogens (primary N) is 1. The molecular formula is C10H11FN5O3Y-. The Kier molecular flexibility index (Phi) is 4.65. The maximum Gasteiger partial charge on any atom is 0.172 e. The van der Waals surface area contributed by atoms with Crippen LogP contribution in [-0.4, -0.2) is 54.7 Å². The third-order valence-corrected chi connectivity index (χ3v) is 3.08. The number of ether oxygens (including phenoxy) is 1. The molecule has 1 fully saturated rings. The van der Waals surface area contributed by atoms with Crippen LogP contribution in [0.15, 0.2) is 6.33 Å². The van der Waals surface area contributed by atoms with Gasteiger partial charge in [-0.3, -0.25) is 4.98 Å². The van der Waals surface area contributed by atoms with Gasteiger partial charge in [-0.15, -0.1) is 0 Å². The zero-order chi connectivity index (χ0) is 13.6. The van der Waals surface area contributed by atoms with Crippen LogP contribution in [0.4, 0.5) is 10.2 Å². The van der Waals surface area contributed by atoms with E-state index in [1.54, 1.807) is 0 Å². The van der Waals surface area contributed by atoms with Gasteiger partial charge < -0.3 is 35.2 Å². The molecule has 10 heteroatoms. The fourth-order valence-electron chi connectivity index (χ4n) is 2.09. The van der Waals surface area contributed by atoms with Crippen molar-refractivity contribution in [1.29, 1.82) is 0 Å². The Morgan fingerprint density at radius 1 is 1.50 bits per heavy atom. The van der Waals surface area contributed by atoms with E-state index in [0.29, 0.717) is 5.52 Å². The van der Waals surface area contributed by atoms with Gasteiger partial charge in [-0.1, -0.05) is 0 Å². The summed E-state index contributed by atoms with van der Waals surface area (Å²) in [7, 11) is 0. The molecule has 0 saturated carbocycles. The molecule has 4 N–H and O–H groups in total. The van der Waals surface area contributed by atoms with E-state index < -0.39 is 31.2 Å². The average Bonchev–Trinajstić information content (AvgIpc) is 2.94. The molecule has 3 rings (SSSR count). The first-order chi connectivity index (χ1) is 9.13. The van der Waals surface area contributed by atoms with E-state index >= 15 is 0 Å². The molecule has 1 radical (unpaired) electrons. The fraction of sp³-hybridized carbons (Fsp3) is 0.500. The number of halogens is 1. The molecule has 1 aliphatic heterocycles. The first-order valence-corrected chi connectivity index (χ1v) is 5.58. The van der Waals surface area contributed by atoms with E-state index in [2.05, 4.69) is 21.3 Å². The third kappa shape index (κ3) is 2.33. The summed E-state index contributed by atoms with van der Waals surface area (Å²) in [5.41, 5.74) is 6.16. The van der Waals surface area contributed by atoms with Crippen molar-refractivity contribution in [2.75, 3.05) is 12.3 Å². The first kappa shape index (κ1) is 15.6. The normalized spacial score (nSPS) is 29.6. The summed E-state index contributed by atoms with van der Waals surface area (Å²) in [6.45, 7) is -0.478. The van der Waals surface area contributed by atoms with Crippen LogP contribution in [0.5, 0.6) is 0 Å². The van der Waals surface area contributed by atoms with Crippen LogP contribution in [-0.2, 0) is 37.4 Å². The maximum absolute atomic E-state index is 14.0. The molecule has 0 aromatic carbocycles. The second kappa shape index (κ2) is 5.94. The van der Waals surface area contributed by atoms with Crippen LogP contribution < -0.4 is 5.73 Å². The summed E-state index contributed by atoms with van der Waals surface area (Å²) in [6.07, 6.45) is -1.59. The quantitative estimate of drug-likeness (QED) is 0.578. The van der Waals surface area contributed by atoms with Gasteiger partial charge >= 0.3 is 0 Å². The van der Waals surface area contributed by atoms with Gasteiger partial charge in [0.15, 0.2) is 12.4 Å². The van der Waals surface area contributed by atoms with Crippen molar-refractivity contribution in [3.63, 3.8) is 0 Å². The van der Waals surface area contributed by atoms with Crippen LogP contribution in [0.3, 0.4) is 0 Å². The Bertz CT molecular complexity index is 612. The SMILES string of the molecule is Nc1n[c-]nc2c1ncn2[C@@H]1O[C@H](CO)C(O)[C@H]1F.[Y]. The van der Waals surface area contributed by atoms with Gasteiger partial charge in [0.05, 0.1) is 18.6 Å². The number of anilines is 1. The van der Waals surface area contributed by atoms with Crippen molar-refractivity contribution in [2.24, 2.45) is 0 Å². The Morgan fingerprint density at radius 3 is 2.90 bits per heavy atom. The van der Waals surface area contributed by atoms with Crippen LogP contribution in [0.25, 0.3) is 11.2 Å². The number of nitrogens with zero attached hydrogens (tertiary/aromatic N) is 4. The maximum atomic E-state index is 14.0. The third-order valence-electron chi connectivity index (χ3n) is 3.08. The zero-order valence-electron chi connectivity index (χ0n) is 10.2. The van der Waals surface area contributed by atoms with Crippen LogP contribution in [0.2, 0.25) is 0 Å². The molecule has 0 amide bonds. The number of imidazole rings is 1. The molecule has 2 aromatic rings. The minimum Gasteiger partial charge on any atom is -0.433 e. The molecule has 2 aromatic heterocycles. The summed E-state index contributed by atoms with van der Waals surface area (Å²) in [5, 5.41) is 18.6. The predicted octanol–water partition coefficient (Wildman–Crippen LogP) is -1.21. The topological polar surface area (TPSA) is 119 Å². The van der Waals surface area contributed by atoms with Crippen molar-refractivity contribution in [1.82, 2.24) is 19.5 Å². The number of alkyl halides is 1. The van der Waals surface area contributed by atoms with Crippen LogP contribution >= 0.6 is 0 Å². The van der Waals surface area contributed by atoms with Gasteiger partial charge in [0.1, 0.15) is 12.2 Å². The second-order valence-electron chi connectivity index (χ2n) is 4.22. The average molecular weight is 357 g/mol. The number of fused-ring (bicyclic) bond motifs is 1. The molecule has 1 saturated heterocycles. The zero-order valence-corrected chi connectivity index (χ0v) is 13.1. The summed E-state index contributed by atoms with van der Waals surface area (Å²) in [6, 6.07) is 0. The van der Waals surface area contributed by atoms with Crippen molar-refractivity contribution in [3.05, 3.63) is 12.7 Å². The van der Waals surface area contributed by atoms with Crippen LogP contribution in [0, 0.1) is 6.33 Å². The number of aromatic nitrogens is 4. The first-order valence-electron chi connectivity index (χ1n) is 5.58. The van der Waals surface area contributed by atoms with Gasteiger partial charge in [0, 0.05) is 50.4 Å². The fourth-order valence-corrected chi connectivity index (χ4v) is 2.09. The van der Waals surface area contributed by atoms with E-state index in [4.69, 9.17) is 15.6 Å². The minimum atomic E-state index is -1.70. The van der Waals surface area contributed by atoms with Gasteiger partial charge in [0.2, 0.25) is 0 Å². The molecule has 105 valence electrons. The molecule has 1 aliphatic rings. The second-order valence-corrected chi connectivity index (χ2v) is 4.22. The number of aliphatic hydroxyl groups excluding tert-OH is 2. The van der Waals surface area contributed by atoms with E-state index in [-0.39, 0.29) is 44.2 Å². The Morgan fingerprint density at radius 2 is 2.25 bits per heavy atom. The molecule has 4 atom stereocenters. The van der Waals surface area contributed by atoms with E-state index in [1.807, 2.05) is 0 Å². The Hall–Kier alpha value is -0.736. The molecule has 3 heterocycles.